The smallest absolute Gasteiger partial charge is 0.119 e. The van der Waals surface area contributed by atoms with Crippen molar-refractivity contribution in [1.82, 2.24) is 5.32 Å². The summed E-state index contributed by atoms with van der Waals surface area (Å²) in [4.78, 5) is 0. The average molecular weight is 261 g/mol. The lowest BCUT2D eigenvalue weighted by Gasteiger charge is -2.07. The van der Waals surface area contributed by atoms with Gasteiger partial charge >= 0.3 is 0 Å². The van der Waals surface area contributed by atoms with Crippen LogP contribution in [0, 0.1) is 0 Å². The molecule has 0 bridgehead atoms. The topological polar surface area (TPSA) is 21.3 Å². The zero-order valence-electron chi connectivity index (χ0n) is 12.2. The molecular formula is C17H27NO. The highest BCUT2D eigenvalue weighted by Gasteiger charge is 2.19. The van der Waals surface area contributed by atoms with Crippen LogP contribution in [0.4, 0.5) is 0 Å². The molecule has 0 saturated heterocycles. The number of unbranched alkanes of at least 4 members (excludes halogenated alkanes) is 4. The fourth-order valence-corrected chi connectivity index (χ4v) is 2.15. The van der Waals surface area contributed by atoms with Crippen molar-refractivity contribution in [2.24, 2.45) is 0 Å². The van der Waals surface area contributed by atoms with Crippen LogP contribution in [0.1, 0.15) is 57.4 Å². The normalized spacial score (nSPS) is 14.6. The Hall–Kier alpha value is -1.02. The maximum absolute atomic E-state index is 5.76. The molecule has 0 spiro atoms. The maximum atomic E-state index is 5.76. The molecule has 1 aliphatic rings. The molecule has 2 nitrogen and oxygen atoms in total. The summed E-state index contributed by atoms with van der Waals surface area (Å²) in [5.41, 5.74) is 1.35. The van der Waals surface area contributed by atoms with Gasteiger partial charge in [0.1, 0.15) is 5.75 Å². The van der Waals surface area contributed by atoms with Gasteiger partial charge in [-0.15, -0.1) is 0 Å². The molecule has 0 radical (unpaired) electrons. The molecule has 1 aromatic carbocycles. The molecule has 106 valence electrons. The molecule has 2 rings (SSSR count). The second kappa shape index (κ2) is 8.21. The van der Waals surface area contributed by atoms with Crippen LogP contribution >= 0.6 is 0 Å². The van der Waals surface area contributed by atoms with Crippen LogP contribution in [0.25, 0.3) is 0 Å². The molecule has 0 aromatic heterocycles. The Kier molecular flexibility index (Phi) is 6.22. The highest BCUT2D eigenvalue weighted by Crippen LogP contribution is 2.20. The summed E-state index contributed by atoms with van der Waals surface area (Å²) < 4.78 is 5.76. The van der Waals surface area contributed by atoms with Gasteiger partial charge in [-0.2, -0.15) is 0 Å². The Labute approximate surface area is 117 Å². The van der Waals surface area contributed by atoms with E-state index in [1.54, 1.807) is 0 Å². The number of nitrogens with one attached hydrogen (secondary N) is 1. The lowest BCUT2D eigenvalue weighted by molar-refractivity contribution is 0.304. The van der Waals surface area contributed by atoms with Crippen LogP contribution < -0.4 is 10.1 Å². The van der Waals surface area contributed by atoms with Gasteiger partial charge in [0.05, 0.1) is 6.61 Å². The first-order valence-electron chi connectivity index (χ1n) is 7.83. The molecule has 1 aliphatic carbocycles. The van der Waals surface area contributed by atoms with Crippen molar-refractivity contribution >= 4 is 0 Å². The SMILES string of the molecule is CCCCCCCOc1ccc(CNC2CC2)cc1. The van der Waals surface area contributed by atoms with Gasteiger partial charge in [-0.3, -0.25) is 0 Å². The van der Waals surface area contributed by atoms with Gasteiger partial charge in [0, 0.05) is 12.6 Å². The second-order valence-electron chi connectivity index (χ2n) is 5.56. The third kappa shape index (κ3) is 6.11. The minimum Gasteiger partial charge on any atom is -0.494 e. The van der Waals surface area contributed by atoms with Crippen LogP contribution in [0.3, 0.4) is 0 Å². The van der Waals surface area contributed by atoms with E-state index >= 15 is 0 Å². The van der Waals surface area contributed by atoms with Crippen molar-refractivity contribution in [3.63, 3.8) is 0 Å². The predicted molar refractivity (Wildman–Crippen MR) is 80.6 cm³/mol. The molecule has 1 N–H and O–H groups in total. The first-order valence-corrected chi connectivity index (χ1v) is 7.83. The van der Waals surface area contributed by atoms with Crippen LogP contribution in [0.2, 0.25) is 0 Å². The predicted octanol–water partition coefficient (Wildman–Crippen LogP) is 4.29. The average Bonchev–Trinajstić information content (AvgIpc) is 3.26. The van der Waals surface area contributed by atoms with Crippen molar-refractivity contribution in [2.45, 2.75) is 64.5 Å². The first kappa shape index (κ1) is 14.4. The number of rotatable bonds is 10. The minimum atomic E-state index is 0.777. The Balaban J connectivity index is 1.58. The van der Waals surface area contributed by atoms with E-state index in [4.69, 9.17) is 4.74 Å². The molecule has 0 atom stereocenters. The van der Waals surface area contributed by atoms with Crippen molar-refractivity contribution < 1.29 is 4.74 Å². The second-order valence-corrected chi connectivity index (χ2v) is 5.56. The largest absolute Gasteiger partial charge is 0.494 e. The fourth-order valence-electron chi connectivity index (χ4n) is 2.15. The summed E-state index contributed by atoms with van der Waals surface area (Å²) in [6.45, 7) is 4.08. The van der Waals surface area contributed by atoms with Gasteiger partial charge in [0.15, 0.2) is 0 Å². The number of hydrogen-bond donors (Lipinski definition) is 1. The Morgan fingerprint density at radius 3 is 2.47 bits per heavy atom. The number of ether oxygens (including phenoxy) is 1. The van der Waals surface area contributed by atoms with E-state index in [0.717, 1.165) is 24.9 Å². The van der Waals surface area contributed by atoms with E-state index in [9.17, 15) is 0 Å². The summed E-state index contributed by atoms with van der Waals surface area (Å²) in [5.74, 6) is 1.01. The highest BCUT2D eigenvalue weighted by atomic mass is 16.5. The van der Waals surface area contributed by atoms with Gasteiger partial charge in [-0.05, 0) is 37.0 Å². The van der Waals surface area contributed by atoms with E-state index in [1.165, 1.54) is 50.5 Å². The van der Waals surface area contributed by atoms with Crippen LogP contribution in [0.5, 0.6) is 5.75 Å². The molecule has 0 heterocycles. The molecule has 1 aromatic rings. The lowest BCUT2D eigenvalue weighted by atomic mass is 10.2. The molecule has 0 unspecified atom stereocenters. The van der Waals surface area contributed by atoms with Gasteiger partial charge in [0.25, 0.3) is 0 Å². The Morgan fingerprint density at radius 1 is 1.05 bits per heavy atom. The van der Waals surface area contributed by atoms with Crippen LogP contribution in [-0.4, -0.2) is 12.6 Å². The van der Waals surface area contributed by atoms with Gasteiger partial charge in [0.2, 0.25) is 0 Å². The zero-order chi connectivity index (χ0) is 13.3. The van der Waals surface area contributed by atoms with E-state index in [1.807, 2.05) is 0 Å². The van der Waals surface area contributed by atoms with Gasteiger partial charge in [-0.25, -0.2) is 0 Å². The summed E-state index contributed by atoms with van der Waals surface area (Å²) in [6.07, 6.45) is 9.15. The minimum absolute atomic E-state index is 0.777. The van der Waals surface area contributed by atoms with E-state index in [0.29, 0.717) is 0 Å². The maximum Gasteiger partial charge on any atom is 0.119 e. The van der Waals surface area contributed by atoms with E-state index in [-0.39, 0.29) is 0 Å². The lowest BCUT2D eigenvalue weighted by Crippen LogP contribution is -2.15. The molecule has 19 heavy (non-hydrogen) atoms. The third-order valence-corrected chi connectivity index (χ3v) is 3.61. The van der Waals surface area contributed by atoms with E-state index in [2.05, 4.69) is 36.5 Å². The Bertz CT molecular complexity index is 343. The fraction of sp³-hybridized carbons (Fsp3) is 0.647. The van der Waals surface area contributed by atoms with E-state index < -0.39 is 0 Å². The first-order chi connectivity index (χ1) is 9.38. The summed E-state index contributed by atoms with van der Waals surface area (Å²) in [5, 5.41) is 3.52. The molecular weight excluding hydrogens is 234 g/mol. The quantitative estimate of drug-likeness (QED) is 0.634. The molecule has 0 aliphatic heterocycles. The zero-order valence-corrected chi connectivity index (χ0v) is 12.2. The van der Waals surface area contributed by atoms with Crippen LogP contribution in [-0.2, 0) is 6.54 Å². The third-order valence-electron chi connectivity index (χ3n) is 3.61. The number of benzene rings is 1. The highest BCUT2D eigenvalue weighted by molar-refractivity contribution is 5.27. The van der Waals surface area contributed by atoms with Gasteiger partial charge in [-0.1, -0.05) is 44.7 Å². The molecule has 2 heteroatoms. The standard InChI is InChI=1S/C17H27NO/c1-2-3-4-5-6-13-19-17-11-7-15(8-12-17)14-18-16-9-10-16/h7-8,11-12,16,18H,2-6,9-10,13-14H2,1H3. The Morgan fingerprint density at radius 2 is 1.79 bits per heavy atom. The molecule has 1 saturated carbocycles. The van der Waals surface area contributed by atoms with Crippen molar-refractivity contribution in [3.8, 4) is 5.75 Å². The monoisotopic (exact) mass is 261 g/mol. The summed E-state index contributed by atoms with van der Waals surface area (Å²) >= 11 is 0. The summed E-state index contributed by atoms with van der Waals surface area (Å²) in [7, 11) is 0. The van der Waals surface area contributed by atoms with Crippen LogP contribution in [0.15, 0.2) is 24.3 Å². The van der Waals surface area contributed by atoms with Crippen molar-refractivity contribution in [3.05, 3.63) is 29.8 Å². The summed E-state index contributed by atoms with van der Waals surface area (Å²) in [6, 6.07) is 9.30. The molecule has 1 fully saturated rings. The van der Waals surface area contributed by atoms with Crippen molar-refractivity contribution in [2.75, 3.05) is 6.61 Å². The molecule has 0 amide bonds. The van der Waals surface area contributed by atoms with Gasteiger partial charge < -0.3 is 10.1 Å². The van der Waals surface area contributed by atoms with Crippen molar-refractivity contribution in [1.29, 1.82) is 0 Å². The number of hydrogen-bond acceptors (Lipinski definition) is 2.